The average molecular weight is 391 g/mol. The average Bonchev–Trinajstić information content (AvgIpc) is 2.75. The highest BCUT2D eigenvalue weighted by Gasteiger charge is 2.20. The first-order chi connectivity index (χ1) is 14.1. The minimum Gasteiger partial charge on any atom is -0.368 e. The number of aryl methyl sites for hydroxylation is 1. The number of hydrogen-bond acceptors (Lipinski definition) is 5. The van der Waals surface area contributed by atoms with Crippen molar-refractivity contribution in [2.24, 2.45) is 0 Å². The molecule has 7 heteroatoms. The van der Waals surface area contributed by atoms with E-state index in [0.29, 0.717) is 5.69 Å². The molecule has 1 fully saturated rings. The summed E-state index contributed by atoms with van der Waals surface area (Å²) in [6.07, 6.45) is 1.40. The van der Waals surface area contributed by atoms with Crippen molar-refractivity contribution in [3.8, 4) is 0 Å². The van der Waals surface area contributed by atoms with Crippen LogP contribution in [0.1, 0.15) is 16.1 Å². The normalized spacial score (nSPS) is 14.0. The molecule has 0 unspecified atom stereocenters. The minimum absolute atomic E-state index is 0.278. The van der Waals surface area contributed by atoms with Gasteiger partial charge in [0.15, 0.2) is 0 Å². The van der Waals surface area contributed by atoms with Crippen LogP contribution in [0.4, 0.5) is 21.6 Å². The van der Waals surface area contributed by atoms with Crippen molar-refractivity contribution in [2.75, 3.05) is 41.3 Å². The lowest BCUT2D eigenvalue weighted by molar-refractivity contribution is 0.102. The van der Waals surface area contributed by atoms with E-state index >= 15 is 0 Å². The Kier molecular flexibility index (Phi) is 5.37. The Bertz CT molecular complexity index is 1000. The number of halogens is 1. The molecule has 29 heavy (non-hydrogen) atoms. The SMILES string of the molecule is Cc1cccc(N2CCN(c3cc(C(=O)Nc4ccc(F)cc4)ncn3)CC2)c1. The lowest BCUT2D eigenvalue weighted by Crippen LogP contribution is -2.47. The van der Waals surface area contributed by atoms with Gasteiger partial charge < -0.3 is 15.1 Å². The molecule has 1 N–H and O–H groups in total. The van der Waals surface area contributed by atoms with E-state index in [1.807, 2.05) is 0 Å². The number of nitrogens with zero attached hydrogens (tertiary/aromatic N) is 4. The molecule has 1 aromatic heterocycles. The number of amides is 1. The Balaban J connectivity index is 1.41. The molecule has 1 aliphatic heterocycles. The number of hydrogen-bond donors (Lipinski definition) is 1. The van der Waals surface area contributed by atoms with Gasteiger partial charge in [0.2, 0.25) is 0 Å². The quantitative estimate of drug-likeness (QED) is 0.738. The molecule has 148 valence electrons. The Morgan fingerprint density at radius 2 is 1.69 bits per heavy atom. The lowest BCUT2D eigenvalue weighted by atomic mass is 10.2. The van der Waals surface area contributed by atoms with Crippen LogP contribution in [0.15, 0.2) is 60.9 Å². The van der Waals surface area contributed by atoms with Crippen LogP contribution in [0.25, 0.3) is 0 Å². The van der Waals surface area contributed by atoms with Crippen molar-refractivity contribution in [2.45, 2.75) is 6.92 Å². The van der Waals surface area contributed by atoms with Crippen LogP contribution in [-0.2, 0) is 0 Å². The molecule has 1 saturated heterocycles. The fourth-order valence-corrected chi connectivity index (χ4v) is 3.39. The number of aromatic nitrogens is 2. The molecule has 0 radical (unpaired) electrons. The smallest absolute Gasteiger partial charge is 0.274 e. The van der Waals surface area contributed by atoms with Gasteiger partial charge in [-0.05, 0) is 48.9 Å². The van der Waals surface area contributed by atoms with Crippen molar-refractivity contribution < 1.29 is 9.18 Å². The summed E-state index contributed by atoms with van der Waals surface area (Å²) < 4.78 is 13.0. The minimum atomic E-state index is -0.350. The summed E-state index contributed by atoms with van der Waals surface area (Å²) in [7, 11) is 0. The van der Waals surface area contributed by atoms with Gasteiger partial charge in [0.25, 0.3) is 5.91 Å². The molecular formula is C22H22FN5O. The van der Waals surface area contributed by atoms with Gasteiger partial charge in [-0.1, -0.05) is 12.1 Å². The molecule has 6 nitrogen and oxygen atoms in total. The molecular weight excluding hydrogens is 369 g/mol. The first-order valence-corrected chi connectivity index (χ1v) is 9.54. The van der Waals surface area contributed by atoms with Crippen LogP contribution in [-0.4, -0.2) is 42.1 Å². The summed E-state index contributed by atoms with van der Waals surface area (Å²) in [5, 5.41) is 2.73. The Hall–Kier alpha value is -3.48. The molecule has 0 atom stereocenters. The number of piperazine rings is 1. The third-order valence-electron chi connectivity index (χ3n) is 4.96. The molecule has 0 spiro atoms. The van der Waals surface area contributed by atoms with Crippen LogP contribution >= 0.6 is 0 Å². The van der Waals surface area contributed by atoms with Crippen molar-refractivity contribution in [1.29, 1.82) is 0 Å². The van der Waals surface area contributed by atoms with Gasteiger partial charge in [-0.15, -0.1) is 0 Å². The summed E-state index contributed by atoms with van der Waals surface area (Å²) in [6.45, 7) is 5.47. The summed E-state index contributed by atoms with van der Waals surface area (Å²) in [5.74, 6) is 0.0314. The number of rotatable bonds is 4. The van der Waals surface area contributed by atoms with E-state index in [9.17, 15) is 9.18 Å². The highest BCUT2D eigenvalue weighted by Crippen LogP contribution is 2.20. The first-order valence-electron chi connectivity index (χ1n) is 9.54. The molecule has 0 aliphatic carbocycles. The van der Waals surface area contributed by atoms with E-state index in [1.54, 1.807) is 6.07 Å². The number of nitrogens with one attached hydrogen (secondary N) is 1. The molecule has 1 aliphatic rings. The zero-order valence-corrected chi connectivity index (χ0v) is 16.2. The Morgan fingerprint density at radius 1 is 0.966 bits per heavy atom. The van der Waals surface area contributed by atoms with E-state index in [0.717, 1.165) is 32.0 Å². The van der Waals surface area contributed by atoms with Crippen LogP contribution in [0, 0.1) is 12.7 Å². The summed E-state index contributed by atoms with van der Waals surface area (Å²) in [4.78, 5) is 25.4. The lowest BCUT2D eigenvalue weighted by Gasteiger charge is -2.36. The van der Waals surface area contributed by atoms with E-state index in [1.165, 1.54) is 41.8 Å². The van der Waals surface area contributed by atoms with Crippen molar-refractivity contribution in [1.82, 2.24) is 9.97 Å². The molecule has 1 amide bonds. The van der Waals surface area contributed by atoms with Gasteiger partial charge in [0.05, 0.1) is 0 Å². The maximum Gasteiger partial charge on any atom is 0.274 e. The Labute approximate surface area is 169 Å². The standard InChI is InChI=1S/C22H22FN5O/c1-16-3-2-4-19(13-16)27-9-11-28(12-10-27)21-14-20(24-15-25-21)22(29)26-18-7-5-17(23)6-8-18/h2-8,13-15H,9-12H2,1H3,(H,26,29). The number of carbonyl (C=O) groups excluding carboxylic acids is 1. The van der Waals surface area contributed by atoms with Gasteiger partial charge in [-0.25, -0.2) is 14.4 Å². The summed E-state index contributed by atoms with van der Waals surface area (Å²) in [5.41, 5.74) is 3.27. The Morgan fingerprint density at radius 3 is 2.41 bits per heavy atom. The van der Waals surface area contributed by atoms with Gasteiger partial charge in [-0.3, -0.25) is 4.79 Å². The van der Waals surface area contributed by atoms with Gasteiger partial charge in [0.1, 0.15) is 23.7 Å². The predicted molar refractivity (Wildman–Crippen MR) is 112 cm³/mol. The second-order valence-corrected chi connectivity index (χ2v) is 7.04. The summed E-state index contributed by atoms with van der Waals surface area (Å²) in [6, 6.07) is 15.8. The number of carbonyl (C=O) groups is 1. The van der Waals surface area contributed by atoms with Gasteiger partial charge in [0, 0.05) is 43.6 Å². The van der Waals surface area contributed by atoms with Crippen molar-refractivity contribution in [3.05, 3.63) is 78.0 Å². The van der Waals surface area contributed by atoms with E-state index in [2.05, 4.69) is 56.3 Å². The van der Waals surface area contributed by atoms with E-state index in [4.69, 9.17) is 0 Å². The van der Waals surface area contributed by atoms with Gasteiger partial charge >= 0.3 is 0 Å². The number of benzene rings is 2. The maximum absolute atomic E-state index is 13.0. The molecule has 2 heterocycles. The molecule has 4 rings (SSSR count). The monoisotopic (exact) mass is 391 g/mol. The molecule has 0 bridgehead atoms. The zero-order valence-electron chi connectivity index (χ0n) is 16.2. The third-order valence-corrected chi connectivity index (χ3v) is 4.96. The van der Waals surface area contributed by atoms with Crippen molar-refractivity contribution >= 4 is 23.1 Å². The topological polar surface area (TPSA) is 61.4 Å². The van der Waals surface area contributed by atoms with Crippen molar-refractivity contribution in [3.63, 3.8) is 0 Å². The molecule has 2 aromatic carbocycles. The van der Waals surface area contributed by atoms with Crippen LogP contribution < -0.4 is 15.1 Å². The van der Waals surface area contributed by atoms with E-state index < -0.39 is 0 Å². The van der Waals surface area contributed by atoms with Crippen LogP contribution in [0.3, 0.4) is 0 Å². The summed E-state index contributed by atoms with van der Waals surface area (Å²) >= 11 is 0. The zero-order chi connectivity index (χ0) is 20.2. The fourth-order valence-electron chi connectivity index (χ4n) is 3.39. The second kappa shape index (κ2) is 8.26. The van der Waals surface area contributed by atoms with Crippen LogP contribution in [0.2, 0.25) is 0 Å². The highest BCUT2D eigenvalue weighted by molar-refractivity contribution is 6.03. The number of anilines is 3. The molecule has 3 aromatic rings. The largest absolute Gasteiger partial charge is 0.368 e. The predicted octanol–water partition coefficient (Wildman–Crippen LogP) is 3.50. The highest BCUT2D eigenvalue weighted by atomic mass is 19.1. The molecule has 0 saturated carbocycles. The van der Waals surface area contributed by atoms with Crippen LogP contribution in [0.5, 0.6) is 0 Å². The van der Waals surface area contributed by atoms with E-state index in [-0.39, 0.29) is 17.4 Å². The third kappa shape index (κ3) is 4.51. The maximum atomic E-state index is 13.0. The first kappa shape index (κ1) is 18.9. The fraction of sp³-hybridized carbons (Fsp3) is 0.227. The second-order valence-electron chi connectivity index (χ2n) is 7.04. The van der Waals surface area contributed by atoms with Gasteiger partial charge in [-0.2, -0.15) is 0 Å².